The van der Waals surface area contributed by atoms with Crippen LogP contribution in [0.2, 0.25) is 0 Å². The topological polar surface area (TPSA) is 47.1 Å². The number of hydrogen-bond acceptors (Lipinski definition) is 2. The minimum absolute atomic E-state index is 0.274. The van der Waals surface area contributed by atoms with Crippen molar-refractivity contribution in [3.8, 4) is 6.07 Å². The summed E-state index contributed by atoms with van der Waals surface area (Å²) in [5.74, 6) is 0. The average Bonchev–Trinajstić information content (AvgIpc) is 1.90. The van der Waals surface area contributed by atoms with Crippen molar-refractivity contribution in [1.82, 2.24) is 5.32 Å². The van der Waals surface area contributed by atoms with Crippen molar-refractivity contribution in [2.45, 2.75) is 6.10 Å². The Hall–Kier alpha value is -0.590. The highest BCUT2D eigenvalue weighted by molar-refractivity contribution is 4.87. The molecule has 1 fully saturated rings. The monoisotopic (exact) mass is 111 g/mol. The molecule has 8 heavy (non-hydrogen) atoms. The van der Waals surface area contributed by atoms with E-state index in [1.54, 1.807) is 0 Å². The molecule has 0 spiro atoms. The van der Waals surface area contributed by atoms with Gasteiger partial charge in [-0.15, -0.1) is 0 Å². The van der Waals surface area contributed by atoms with Gasteiger partial charge in [0.1, 0.15) is 0 Å². The molecule has 0 aromatic heterocycles. The molecule has 1 rings (SSSR count). The maximum absolute atomic E-state index is 8.26. The van der Waals surface area contributed by atoms with Crippen LogP contribution in [-0.4, -0.2) is 25.8 Å². The van der Waals surface area contributed by atoms with E-state index >= 15 is 0 Å². The average molecular weight is 111 g/mol. The number of ether oxygens (including phenoxy) is 1. The zero-order chi connectivity index (χ0) is 5.82. The number of nitriles is 1. The lowest BCUT2D eigenvalue weighted by Crippen LogP contribution is -2.32. The Bertz CT molecular complexity index is 101. The molecule has 0 aromatic rings. The Morgan fingerprint density at radius 1 is 1.75 bits per heavy atom. The van der Waals surface area contributed by atoms with E-state index in [1.165, 1.54) is 0 Å². The molecule has 3 nitrogen and oxygen atoms in total. The lowest BCUT2D eigenvalue weighted by molar-refractivity contribution is 0.0621. The summed E-state index contributed by atoms with van der Waals surface area (Å²) >= 11 is 0. The van der Waals surface area contributed by atoms with E-state index < -0.39 is 0 Å². The zero-order valence-corrected chi connectivity index (χ0v) is 4.50. The maximum Gasteiger partial charge on any atom is 0.158 e. The third-order valence-corrected chi connectivity index (χ3v) is 1.01. The van der Waals surface area contributed by atoms with Gasteiger partial charge < -0.3 is 4.74 Å². The first-order valence-corrected chi connectivity index (χ1v) is 2.58. The summed E-state index contributed by atoms with van der Waals surface area (Å²) in [6.45, 7) is 1.91. The molecule has 0 aliphatic carbocycles. The maximum atomic E-state index is 8.26. The molecular formula is C5H7N2O. The summed E-state index contributed by atoms with van der Waals surface area (Å²) in [6.07, 6.45) is -0.274. The third-order valence-electron chi connectivity index (χ3n) is 1.01. The minimum atomic E-state index is -0.274. The van der Waals surface area contributed by atoms with Crippen molar-refractivity contribution < 1.29 is 4.74 Å². The highest BCUT2D eigenvalue weighted by Crippen LogP contribution is 1.93. The summed E-state index contributed by atoms with van der Waals surface area (Å²) in [4.78, 5) is 0. The Morgan fingerprint density at radius 3 is 3.00 bits per heavy atom. The van der Waals surface area contributed by atoms with E-state index in [0.717, 1.165) is 6.54 Å². The lowest BCUT2D eigenvalue weighted by atomic mass is 10.3. The number of morpholine rings is 1. The summed E-state index contributed by atoms with van der Waals surface area (Å²) in [7, 11) is 0. The van der Waals surface area contributed by atoms with Crippen molar-refractivity contribution >= 4 is 0 Å². The fourth-order valence-corrected chi connectivity index (χ4v) is 0.599. The van der Waals surface area contributed by atoms with Gasteiger partial charge >= 0.3 is 0 Å². The normalized spacial score (nSPS) is 29.1. The standard InChI is InChI=1S/C5H7N2O/c6-3-5-4-7-1-2-8-5/h5H,1-2,4H2. The molecule has 1 unspecified atom stereocenters. The van der Waals surface area contributed by atoms with Crippen molar-refractivity contribution in [2.75, 3.05) is 19.7 Å². The van der Waals surface area contributed by atoms with Gasteiger partial charge in [-0.3, -0.25) is 0 Å². The summed E-state index contributed by atoms with van der Waals surface area (Å²) in [5, 5.41) is 12.2. The minimum Gasteiger partial charge on any atom is -0.360 e. The summed E-state index contributed by atoms with van der Waals surface area (Å²) in [6, 6.07) is 1.99. The van der Waals surface area contributed by atoms with Crippen LogP contribution in [-0.2, 0) is 4.74 Å². The van der Waals surface area contributed by atoms with Gasteiger partial charge in [-0.1, -0.05) is 0 Å². The lowest BCUT2D eigenvalue weighted by Gasteiger charge is -2.15. The first-order chi connectivity index (χ1) is 3.93. The molecule has 1 aliphatic heterocycles. The molecule has 0 N–H and O–H groups in total. The molecule has 1 saturated heterocycles. The molecule has 1 radical (unpaired) electrons. The molecule has 1 aliphatic rings. The van der Waals surface area contributed by atoms with Crippen LogP contribution in [0.3, 0.4) is 0 Å². The Kier molecular flexibility index (Phi) is 1.84. The molecule has 3 heteroatoms. The summed E-state index contributed by atoms with van der Waals surface area (Å²) in [5.41, 5.74) is 0. The second kappa shape index (κ2) is 2.65. The SMILES string of the molecule is N#CC1C[N]CCO1. The van der Waals surface area contributed by atoms with Gasteiger partial charge in [0.15, 0.2) is 6.10 Å². The van der Waals surface area contributed by atoms with Gasteiger partial charge in [0.05, 0.1) is 19.2 Å². The van der Waals surface area contributed by atoms with Crippen LogP contribution in [0.5, 0.6) is 0 Å². The van der Waals surface area contributed by atoms with Crippen LogP contribution in [0.15, 0.2) is 0 Å². The van der Waals surface area contributed by atoms with Crippen LogP contribution in [0.25, 0.3) is 0 Å². The van der Waals surface area contributed by atoms with Gasteiger partial charge in [0.2, 0.25) is 0 Å². The Balaban J connectivity index is 2.25. The van der Waals surface area contributed by atoms with Gasteiger partial charge in [-0.2, -0.15) is 5.26 Å². The fraction of sp³-hybridized carbons (Fsp3) is 0.800. The number of rotatable bonds is 0. The second-order valence-corrected chi connectivity index (χ2v) is 1.62. The first-order valence-electron chi connectivity index (χ1n) is 2.58. The quantitative estimate of drug-likeness (QED) is 0.423. The van der Waals surface area contributed by atoms with Crippen LogP contribution in [0.4, 0.5) is 0 Å². The van der Waals surface area contributed by atoms with E-state index in [9.17, 15) is 0 Å². The van der Waals surface area contributed by atoms with Crippen molar-refractivity contribution in [3.05, 3.63) is 0 Å². The zero-order valence-electron chi connectivity index (χ0n) is 4.50. The summed E-state index contributed by atoms with van der Waals surface area (Å²) < 4.78 is 4.97. The van der Waals surface area contributed by atoms with E-state index in [0.29, 0.717) is 13.2 Å². The van der Waals surface area contributed by atoms with E-state index in [1.807, 2.05) is 6.07 Å². The smallest absolute Gasteiger partial charge is 0.158 e. The molecule has 0 bridgehead atoms. The van der Waals surface area contributed by atoms with E-state index in [2.05, 4.69) is 5.32 Å². The van der Waals surface area contributed by atoms with Gasteiger partial charge in [-0.25, -0.2) is 5.32 Å². The fourth-order valence-electron chi connectivity index (χ4n) is 0.599. The van der Waals surface area contributed by atoms with Gasteiger partial charge in [0, 0.05) is 6.54 Å². The van der Waals surface area contributed by atoms with Crippen LogP contribution in [0.1, 0.15) is 0 Å². The number of nitrogens with zero attached hydrogens (tertiary/aromatic N) is 2. The Morgan fingerprint density at radius 2 is 2.62 bits per heavy atom. The van der Waals surface area contributed by atoms with Gasteiger partial charge in [0.25, 0.3) is 0 Å². The predicted molar refractivity (Wildman–Crippen MR) is 27.2 cm³/mol. The van der Waals surface area contributed by atoms with Crippen molar-refractivity contribution in [2.24, 2.45) is 0 Å². The molecule has 0 amide bonds. The van der Waals surface area contributed by atoms with E-state index in [4.69, 9.17) is 10.00 Å². The Labute approximate surface area is 48.2 Å². The van der Waals surface area contributed by atoms with Crippen LogP contribution in [0, 0.1) is 11.3 Å². The van der Waals surface area contributed by atoms with E-state index in [-0.39, 0.29) is 6.10 Å². The third kappa shape index (κ3) is 1.19. The molecular weight excluding hydrogens is 104 g/mol. The molecule has 0 aromatic carbocycles. The number of hydrogen-bond donors (Lipinski definition) is 0. The highest BCUT2D eigenvalue weighted by Gasteiger charge is 2.11. The van der Waals surface area contributed by atoms with Crippen molar-refractivity contribution in [3.63, 3.8) is 0 Å². The highest BCUT2D eigenvalue weighted by atomic mass is 16.5. The largest absolute Gasteiger partial charge is 0.360 e. The molecule has 0 saturated carbocycles. The van der Waals surface area contributed by atoms with Crippen LogP contribution >= 0.6 is 0 Å². The first kappa shape index (κ1) is 5.54. The van der Waals surface area contributed by atoms with Gasteiger partial charge in [-0.05, 0) is 0 Å². The van der Waals surface area contributed by atoms with Crippen molar-refractivity contribution in [1.29, 1.82) is 5.26 Å². The molecule has 1 atom stereocenters. The predicted octanol–water partition coefficient (Wildman–Crippen LogP) is -0.487. The second-order valence-electron chi connectivity index (χ2n) is 1.62. The van der Waals surface area contributed by atoms with Crippen LogP contribution < -0.4 is 5.32 Å². The molecule has 1 heterocycles. The molecule has 43 valence electrons.